The summed E-state index contributed by atoms with van der Waals surface area (Å²) in [5.41, 5.74) is 0.917. The summed E-state index contributed by atoms with van der Waals surface area (Å²) in [4.78, 5) is 16.1. The van der Waals surface area contributed by atoms with Gasteiger partial charge >= 0.3 is 0 Å². The molecule has 0 fully saturated rings. The fourth-order valence-electron chi connectivity index (χ4n) is 1.71. The van der Waals surface area contributed by atoms with Crippen molar-refractivity contribution in [3.63, 3.8) is 0 Å². The first kappa shape index (κ1) is 12.7. The van der Waals surface area contributed by atoms with Crippen molar-refractivity contribution in [3.05, 3.63) is 58.7 Å². The zero-order chi connectivity index (χ0) is 14.1. The molecule has 0 radical (unpaired) electrons. The smallest absolute Gasteiger partial charge is 0.276 e. The van der Waals surface area contributed by atoms with Crippen LogP contribution in [0.1, 0.15) is 10.5 Å². The fourth-order valence-corrected chi connectivity index (χ4v) is 2.05. The van der Waals surface area contributed by atoms with Crippen molar-refractivity contribution < 1.29 is 9.18 Å². The van der Waals surface area contributed by atoms with Crippen LogP contribution >= 0.6 is 15.9 Å². The van der Waals surface area contributed by atoms with E-state index in [9.17, 15) is 9.18 Å². The molecule has 0 unspecified atom stereocenters. The maximum atomic E-state index is 13.6. The first-order chi connectivity index (χ1) is 9.63. The number of amides is 1. The molecule has 0 aliphatic rings. The fraction of sp³-hybridized carbons (Fsp3) is 0. The van der Waals surface area contributed by atoms with Gasteiger partial charge in [-0.05, 0) is 30.3 Å². The van der Waals surface area contributed by atoms with Gasteiger partial charge < -0.3 is 5.32 Å². The van der Waals surface area contributed by atoms with E-state index in [2.05, 4.69) is 31.3 Å². The Morgan fingerprint density at radius 1 is 1.30 bits per heavy atom. The predicted octanol–water partition coefficient (Wildman–Crippen LogP) is 2.88. The van der Waals surface area contributed by atoms with Crippen LogP contribution in [0, 0.1) is 5.82 Å². The molecule has 0 saturated carbocycles. The van der Waals surface area contributed by atoms with Crippen molar-refractivity contribution in [2.45, 2.75) is 0 Å². The van der Waals surface area contributed by atoms with Gasteiger partial charge in [-0.15, -0.1) is 0 Å². The second-order valence-corrected chi connectivity index (χ2v) is 4.94. The molecule has 1 aromatic carbocycles. The molecule has 3 rings (SSSR count). The molecule has 2 heterocycles. The SMILES string of the molecule is O=C(Nc1ccc(Br)cc1F)c1ccc2nccn2n1. The van der Waals surface area contributed by atoms with Crippen LogP contribution in [0.2, 0.25) is 0 Å². The summed E-state index contributed by atoms with van der Waals surface area (Å²) >= 11 is 3.15. The highest BCUT2D eigenvalue weighted by Gasteiger charge is 2.11. The lowest BCUT2D eigenvalue weighted by molar-refractivity contribution is 0.102. The van der Waals surface area contributed by atoms with Crippen LogP contribution in [0.15, 0.2) is 47.2 Å². The molecule has 0 aliphatic carbocycles. The number of fused-ring (bicyclic) bond motifs is 1. The molecule has 0 saturated heterocycles. The lowest BCUT2D eigenvalue weighted by Crippen LogP contribution is -2.15. The van der Waals surface area contributed by atoms with Crippen LogP contribution in [0.5, 0.6) is 0 Å². The maximum Gasteiger partial charge on any atom is 0.276 e. The van der Waals surface area contributed by atoms with E-state index < -0.39 is 11.7 Å². The average Bonchev–Trinajstić information content (AvgIpc) is 2.89. The Kier molecular flexibility index (Phi) is 3.19. The highest BCUT2D eigenvalue weighted by molar-refractivity contribution is 9.10. The van der Waals surface area contributed by atoms with E-state index in [0.717, 1.165) is 0 Å². The number of hydrogen-bond acceptors (Lipinski definition) is 3. The van der Waals surface area contributed by atoms with Crippen LogP contribution in [-0.4, -0.2) is 20.5 Å². The third-order valence-corrected chi connectivity index (χ3v) is 3.16. The van der Waals surface area contributed by atoms with Gasteiger partial charge in [0.2, 0.25) is 0 Å². The van der Waals surface area contributed by atoms with E-state index in [-0.39, 0.29) is 11.4 Å². The second-order valence-electron chi connectivity index (χ2n) is 4.03. The Hall–Kier alpha value is -2.28. The van der Waals surface area contributed by atoms with Crippen molar-refractivity contribution in [2.75, 3.05) is 5.32 Å². The summed E-state index contributed by atoms with van der Waals surface area (Å²) in [7, 11) is 0. The Bertz CT molecular complexity index is 802. The number of halogens is 2. The van der Waals surface area contributed by atoms with Gasteiger partial charge in [-0.2, -0.15) is 5.10 Å². The largest absolute Gasteiger partial charge is 0.318 e. The number of nitrogens with one attached hydrogen (secondary N) is 1. The molecule has 3 aromatic rings. The lowest BCUT2D eigenvalue weighted by Gasteiger charge is -2.06. The minimum Gasteiger partial charge on any atom is -0.318 e. The number of hydrogen-bond donors (Lipinski definition) is 1. The van der Waals surface area contributed by atoms with Crippen molar-refractivity contribution in [2.24, 2.45) is 0 Å². The van der Waals surface area contributed by atoms with Gasteiger partial charge in [0.1, 0.15) is 11.5 Å². The first-order valence-corrected chi connectivity index (χ1v) is 6.49. The Labute approximate surface area is 121 Å². The standard InChI is InChI=1S/C13H8BrFN4O/c14-8-1-2-10(9(15)7-8)17-13(20)11-3-4-12-16-5-6-19(12)18-11/h1-7H,(H,17,20). The third kappa shape index (κ3) is 2.39. The summed E-state index contributed by atoms with van der Waals surface area (Å²) in [6.07, 6.45) is 3.21. The zero-order valence-electron chi connectivity index (χ0n) is 10.0. The number of carbonyl (C=O) groups excluding carboxylic acids is 1. The molecule has 1 N–H and O–H groups in total. The first-order valence-electron chi connectivity index (χ1n) is 5.70. The van der Waals surface area contributed by atoms with Gasteiger partial charge in [-0.3, -0.25) is 4.79 Å². The van der Waals surface area contributed by atoms with Crippen LogP contribution in [-0.2, 0) is 0 Å². The molecule has 7 heteroatoms. The van der Waals surface area contributed by atoms with Crippen LogP contribution < -0.4 is 5.32 Å². The van der Waals surface area contributed by atoms with Gasteiger partial charge in [-0.1, -0.05) is 15.9 Å². The molecule has 1 amide bonds. The van der Waals surface area contributed by atoms with Crippen LogP contribution in [0.25, 0.3) is 5.65 Å². The normalized spacial score (nSPS) is 10.7. The average molecular weight is 335 g/mol. The molecule has 0 aliphatic heterocycles. The molecule has 100 valence electrons. The number of benzene rings is 1. The summed E-state index contributed by atoms with van der Waals surface area (Å²) in [5, 5.41) is 6.57. The van der Waals surface area contributed by atoms with Crippen molar-refractivity contribution >= 4 is 33.2 Å². The zero-order valence-corrected chi connectivity index (χ0v) is 11.6. The molecule has 2 aromatic heterocycles. The lowest BCUT2D eigenvalue weighted by atomic mass is 10.3. The molecule has 0 atom stereocenters. The van der Waals surface area contributed by atoms with Crippen LogP contribution in [0.4, 0.5) is 10.1 Å². The van der Waals surface area contributed by atoms with Crippen LogP contribution in [0.3, 0.4) is 0 Å². The van der Waals surface area contributed by atoms with Gasteiger partial charge in [0.15, 0.2) is 5.65 Å². The van der Waals surface area contributed by atoms with Crippen molar-refractivity contribution in [1.29, 1.82) is 0 Å². The second kappa shape index (κ2) is 5.01. The summed E-state index contributed by atoms with van der Waals surface area (Å²) < 4.78 is 15.7. The number of nitrogens with zero attached hydrogens (tertiary/aromatic N) is 3. The Balaban J connectivity index is 1.88. The molecular weight excluding hydrogens is 327 g/mol. The van der Waals surface area contributed by atoms with E-state index >= 15 is 0 Å². The molecular formula is C13H8BrFN4O. The van der Waals surface area contributed by atoms with Gasteiger partial charge in [0, 0.05) is 16.9 Å². The molecule has 20 heavy (non-hydrogen) atoms. The number of carbonyl (C=O) groups is 1. The molecule has 5 nitrogen and oxygen atoms in total. The number of imidazole rings is 1. The maximum absolute atomic E-state index is 13.6. The third-order valence-electron chi connectivity index (χ3n) is 2.67. The summed E-state index contributed by atoms with van der Waals surface area (Å²) in [6, 6.07) is 7.61. The van der Waals surface area contributed by atoms with Gasteiger partial charge in [-0.25, -0.2) is 13.9 Å². The van der Waals surface area contributed by atoms with E-state index in [4.69, 9.17) is 0 Å². The minimum atomic E-state index is -0.517. The highest BCUT2D eigenvalue weighted by Crippen LogP contribution is 2.19. The van der Waals surface area contributed by atoms with E-state index in [0.29, 0.717) is 10.1 Å². The Morgan fingerprint density at radius 2 is 2.15 bits per heavy atom. The number of aromatic nitrogens is 3. The quantitative estimate of drug-likeness (QED) is 0.783. The number of anilines is 1. The minimum absolute atomic E-state index is 0.103. The number of rotatable bonds is 2. The van der Waals surface area contributed by atoms with E-state index in [1.165, 1.54) is 22.7 Å². The predicted molar refractivity (Wildman–Crippen MR) is 75.0 cm³/mol. The highest BCUT2D eigenvalue weighted by atomic mass is 79.9. The summed E-state index contributed by atoms with van der Waals surface area (Å²) in [6.45, 7) is 0. The van der Waals surface area contributed by atoms with Gasteiger partial charge in [0.05, 0.1) is 5.69 Å². The molecule has 0 spiro atoms. The van der Waals surface area contributed by atoms with Crippen molar-refractivity contribution in [1.82, 2.24) is 14.6 Å². The molecule has 0 bridgehead atoms. The monoisotopic (exact) mass is 334 g/mol. The topological polar surface area (TPSA) is 59.3 Å². The van der Waals surface area contributed by atoms with E-state index in [1.54, 1.807) is 24.5 Å². The van der Waals surface area contributed by atoms with Gasteiger partial charge in [0.25, 0.3) is 5.91 Å². The Morgan fingerprint density at radius 3 is 2.95 bits per heavy atom. The summed E-state index contributed by atoms with van der Waals surface area (Å²) in [5.74, 6) is -1.00. The van der Waals surface area contributed by atoms with E-state index in [1.807, 2.05) is 0 Å². The van der Waals surface area contributed by atoms with Crippen molar-refractivity contribution in [3.8, 4) is 0 Å².